The zero-order valence-corrected chi connectivity index (χ0v) is 17.1. The van der Waals surface area contributed by atoms with Crippen LogP contribution >= 0.6 is 0 Å². The first-order chi connectivity index (χ1) is 13.7. The lowest BCUT2D eigenvalue weighted by Gasteiger charge is -2.37. The minimum Gasteiger partial charge on any atom is -0.378 e. The fraction of sp³-hybridized carbons (Fsp3) is 0.619. The number of carbonyl (C=O) groups is 1. The minimum atomic E-state index is 0.137. The highest BCUT2D eigenvalue weighted by Crippen LogP contribution is 2.16. The van der Waals surface area contributed by atoms with Gasteiger partial charge >= 0.3 is 0 Å². The van der Waals surface area contributed by atoms with Crippen LogP contribution in [0.4, 0.5) is 5.69 Å². The Kier molecular flexibility index (Phi) is 7.54. The van der Waals surface area contributed by atoms with Crippen molar-refractivity contribution in [3.05, 3.63) is 30.3 Å². The number of likely N-dealkylation sites (tertiary alicyclic amines) is 1. The molecule has 1 N–H and O–H groups in total. The predicted molar refractivity (Wildman–Crippen MR) is 113 cm³/mol. The summed E-state index contributed by atoms with van der Waals surface area (Å²) in [4.78, 5) is 23.5. The molecule has 1 amide bonds. The Bertz CT molecular complexity index is 635. The molecule has 0 radical (unpaired) electrons. The average molecular weight is 388 g/mol. The van der Waals surface area contributed by atoms with Crippen molar-refractivity contribution in [1.29, 1.82) is 0 Å². The summed E-state index contributed by atoms with van der Waals surface area (Å²) in [5, 5.41) is 3.26. The number of piperazine rings is 1. The molecule has 1 aromatic carbocycles. The first-order valence-corrected chi connectivity index (χ1v) is 10.4. The number of anilines is 1. The van der Waals surface area contributed by atoms with E-state index in [0.29, 0.717) is 12.6 Å². The van der Waals surface area contributed by atoms with E-state index in [4.69, 9.17) is 4.74 Å². The van der Waals surface area contributed by atoms with Crippen LogP contribution in [0.15, 0.2) is 35.3 Å². The number of para-hydroxylation sites is 1. The van der Waals surface area contributed by atoms with Gasteiger partial charge in [0.15, 0.2) is 5.96 Å². The lowest BCUT2D eigenvalue weighted by atomic mass is 10.1. The van der Waals surface area contributed by atoms with Crippen LogP contribution in [0, 0.1) is 0 Å². The summed E-state index contributed by atoms with van der Waals surface area (Å²) in [6.45, 7) is 8.18. The first-order valence-electron chi connectivity index (χ1n) is 10.4. The molecular weight excluding hydrogens is 354 g/mol. The third kappa shape index (κ3) is 5.38. The Morgan fingerprint density at radius 1 is 1.07 bits per heavy atom. The molecule has 0 spiro atoms. The second-order valence-electron chi connectivity index (χ2n) is 7.25. The third-order valence-corrected chi connectivity index (χ3v) is 5.51. The van der Waals surface area contributed by atoms with Gasteiger partial charge in [0.2, 0.25) is 5.91 Å². The average Bonchev–Trinajstić information content (AvgIpc) is 2.76. The van der Waals surface area contributed by atoms with Crippen LogP contribution in [-0.4, -0.2) is 87.2 Å². The number of aliphatic imine (C=N–C) groups is 1. The van der Waals surface area contributed by atoms with Gasteiger partial charge in [-0.3, -0.25) is 9.79 Å². The van der Waals surface area contributed by atoms with Crippen molar-refractivity contribution in [3.8, 4) is 0 Å². The molecular formula is C21H33N5O2. The predicted octanol–water partition coefficient (Wildman–Crippen LogP) is 1.41. The normalized spacial score (nSPS) is 19.1. The lowest BCUT2D eigenvalue weighted by Crippen LogP contribution is -2.53. The highest BCUT2D eigenvalue weighted by atomic mass is 16.5. The standard InChI is InChI=1S/C21H33N5O2/c1-3-28-19-9-11-26(12-10-19)21(22-2)23-17-20(27)25-15-13-24(14-16-25)18-7-5-4-6-8-18/h4-8,19H,3,9-17H2,1-2H3,(H,22,23). The van der Waals surface area contributed by atoms with Gasteiger partial charge in [0.25, 0.3) is 0 Å². The molecule has 2 heterocycles. The molecule has 0 saturated carbocycles. The van der Waals surface area contributed by atoms with E-state index in [-0.39, 0.29) is 5.91 Å². The van der Waals surface area contributed by atoms with Crippen LogP contribution < -0.4 is 10.2 Å². The fourth-order valence-corrected chi connectivity index (χ4v) is 3.92. The molecule has 0 unspecified atom stereocenters. The Balaban J connectivity index is 1.41. The van der Waals surface area contributed by atoms with Crippen LogP contribution in [0.1, 0.15) is 19.8 Å². The Labute approximate surface area is 168 Å². The van der Waals surface area contributed by atoms with E-state index in [1.165, 1.54) is 5.69 Å². The van der Waals surface area contributed by atoms with E-state index >= 15 is 0 Å². The summed E-state index contributed by atoms with van der Waals surface area (Å²) >= 11 is 0. The molecule has 7 nitrogen and oxygen atoms in total. The van der Waals surface area contributed by atoms with Crippen LogP contribution in [0.5, 0.6) is 0 Å². The number of hydrogen-bond acceptors (Lipinski definition) is 4. The van der Waals surface area contributed by atoms with E-state index < -0.39 is 0 Å². The van der Waals surface area contributed by atoms with Gasteiger partial charge in [-0.2, -0.15) is 0 Å². The van der Waals surface area contributed by atoms with Crippen molar-refractivity contribution in [2.45, 2.75) is 25.9 Å². The van der Waals surface area contributed by atoms with Gasteiger partial charge < -0.3 is 24.8 Å². The number of rotatable bonds is 5. The Morgan fingerprint density at radius 3 is 2.36 bits per heavy atom. The molecule has 0 aromatic heterocycles. The SMILES string of the molecule is CCOC1CCN(C(=NC)NCC(=O)N2CCN(c3ccccc3)CC2)CC1. The molecule has 7 heteroatoms. The number of benzene rings is 1. The third-order valence-electron chi connectivity index (χ3n) is 5.51. The maximum Gasteiger partial charge on any atom is 0.242 e. The topological polar surface area (TPSA) is 60.4 Å². The van der Waals surface area contributed by atoms with Crippen LogP contribution in [0.3, 0.4) is 0 Å². The lowest BCUT2D eigenvalue weighted by molar-refractivity contribution is -0.130. The molecule has 2 saturated heterocycles. The highest BCUT2D eigenvalue weighted by Gasteiger charge is 2.24. The zero-order chi connectivity index (χ0) is 19.8. The summed E-state index contributed by atoms with van der Waals surface area (Å²) < 4.78 is 5.71. The van der Waals surface area contributed by atoms with E-state index in [9.17, 15) is 4.79 Å². The van der Waals surface area contributed by atoms with Gasteiger partial charge in [-0.15, -0.1) is 0 Å². The number of hydrogen-bond donors (Lipinski definition) is 1. The number of carbonyl (C=O) groups excluding carboxylic acids is 1. The van der Waals surface area contributed by atoms with Gasteiger partial charge in [0.05, 0.1) is 12.6 Å². The molecule has 2 aliphatic heterocycles. The van der Waals surface area contributed by atoms with Crippen LogP contribution in [0.25, 0.3) is 0 Å². The summed E-state index contributed by atoms with van der Waals surface area (Å²) in [5.41, 5.74) is 1.23. The summed E-state index contributed by atoms with van der Waals surface area (Å²) in [5.74, 6) is 0.948. The maximum atomic E-state index is 12.6. The smallest absolute Gasteiger partial charge is 0.242 e. The van der Waals surface area contributed by atoms with Crippen molar-refractivity contribution >= 4 is 17.6 Å². The molecule has 28 heavy (non-hydrogen) atoms. The van der Waals surface area contributed by atoms with E-state index in [1.54, 1.807) is 7.05 Å². The zero-order valence-electron chi connectivity index (χ0n) is 17.1. The van der Waals surface area contributed by atoms with E-state index in [1.807, 2.05) is 17.9 Å². The molecule has 0 bridgehead atoms. The van der Waals surface area contributed by atoms with Crippen molar-refractivity contribution in [1.82, 2.24) is 15.1 Å². The fourth-order valence-electron chi connectivity index (χ4n) is 3.92. The second-order valence-corrected chi connectivity index (χ2v) is 7.25. The van der Waals surface area contributed by atoms with E-state index in [0.717, 1.165) is 64.7 Å². The maximum absolute atomic E-state index is 12.6. The molecule has 154 valence electrons. The summed E-state index contributed by atoms with van der Waals surface area (Å²) in [6, 6.07) is 10.4. The molecule has 3 rings (SSSR count). The largest absolute Gasteiger partial charge is 0.378 e. The van der Waals surface area contributed by atoms with Gasteiger partial charge in [0.1, 0.15) is 0 Å². The van der Waals surface area contributed by atoms with Gasteiger partial charge in [0, 0.05) is 58.6 Å². The monoisotopic (exact) mass is 387 g/mol. The number of ether oxygens (including phenoxy) is 1. The van der Waals surface area contributed by atoms with Crippen molar-refractivity contribution in [3.63, 3.8) is 0 Å². The van der Waals surface area contributed by atoms with Gasteiger partial charge in [-0.25, -0.2) is 0 Å². The number of guanidine groups is 1. The van der Waals surface area contributed by atoms with Gasteiger partial charge in [-0.05, 0) is 31.9 Å². The Hall–Kier alpha value is -2.28. The second kappa shape index (κ2) is 10.3. The molecule has 2 aliphatic rings. The molecule has 2 fully saturated rings. The highest BCUT2D eigenvalue weighted by molar-refractivity contribution is 5.86. The number of nitrogens with one attached hydrogen (secondary N) is 1. The summed E-state index contributed by atoms with van der Waals surface area (Å²) in [7, 11) is 1.78. The minimum absolute atomic E-state index is 0.137. The van der Waals surface area contributed by atoms with Crippen molar-refractivity contribution in [2.75, 3.05) is 64.4 Å². The first kappa shape index (κ1) is 20.5. The number of amides is 1. The molecule has 1 aromatic rings. The molecule has 0 atom stereocenters. The van der Waals surface area contributed by atoms with Crippen molar-refractivity contribution < 1.29 is 9.53 Å². The number of nitrogens with zero attached hydrogens (tertiary/aromatic N) is 4. The van der Waals surface area contributed by atoms with Crippen LogP contribution in [0.2, 0.25) is 0 Å². The van der Waals surface area contributed by atoms with Crippen LogP contribution in [-0.2, 0) is 9.53 Å². The van der Waals surface area contributed by atoms with Gasteiger partial charge in [-0.1, -0.05) is 18.2 Å². The quantitative estimate of drug-likeness (QED) is 0.612. The van der Waals surface area contributed by atoms with E-state index in [2.05, 4.69) is 44.4 Å². The van der Waals surface area contributed by atoms with Crippen molar-refractivity contribution in [2.24, 2.45) is 4.99 Å². The molecule has 0 aliphatic carbocycles. The summed E-state index contributed by atoms with van der Waals surface area (Å²) in [6.07, 6.45) is 2.36. The Morgan fingerprint density at radius 2 is 1.75 bits per heavy atom. The number of piperidine rings is 1.